The molecule has 0 atom stereocenters. The number of nitro groups is 1. The fraction of sp³-hybridized carbons (Fsp3) is 0.375. The minimum Gasteiger partial charge on any atom is -0.367 e. The van der Waals surface area contributed by atoms with E-state index in [4.69, 9.17) is 11.6 Å². The lowest BCUT2D eigenvalue weighted by molar-refractivity contribution is -0.384. The van der Waals surface area contributed by atoms with E-state index in [1.165, 1.54) is 12.1 Å². The fourth-order valence-electron chi connectivity index (χ4n) is 2.79. The van der Waals surface area contributed by atoms with Crippen molar-refractivity contribution in [2.24, 2.45) is 0 Å². The molecule has 0 aliphatic carbocycles. The second kappa shape index (κ2) is 7.20. The molecule has 1 aliphatic rings. The Hall–Kier alpha value is -2.45. The van der Waals surface area contributed by atoms with Crippen molar-refractivity contribution in [1.82, 2.24) is 14.9 Å². The van der Waals surface area contributed by atoms with Crippen LogP contribution in [-0.2, 0) is 0 Å². The summed E-state index contributed by atoms with van der Waals surface area (Å²) in [6.07, 6.45) is 0. The van der Waals surface area contributed by atoms with Crippen LogP contribution in [0.2, 0.25) is 5.15 Å². The zero-order valence-electron chi connectivity index (χ0n) is 14.1. The van der Waals surface area contributed by atoms with Crippen molar-refractivity contribution in [3.8, 4) is 0 Å². The number of nitrogens with zero attached hydrogens (tertiary/aromatic N) is 5. The number of hydrogen-bond acceptors (Lipinski definition) is 7. The molecule has 0 unspecified atom stereocenters. The van der Waals surface area contributed by atoms with Crippen LogP contribution in [0.1, 0.15) is 5.82 Å². The van der Waals surface area contributed by atoms with Crippen molar-refractivity contribution in [2.45, 2.75) is 6.92 Å². The first-order valence-electron chi connectivity index (χ1n) is 7.92. The summed E-state index contributed by atoms with van der Waals surface area (Å²) in [5, 5.41) is 14.6. The maximum atomic E-state index is 11.2. The summed E-state index contributed by atoms with van der Waals surface area (Å²) >= 11 is 5.99. The van der Waals surface area contributed by atoms with E-state index in [1.54, 1.807) is 19.1 Å². The van der Waals surface area contributed by atoms with Crippen LogP contribution in [0.3, 0.4) is 0 Å². The molecule has 1 fully saturated rings. The lowest BCUT2D eigenvalue weighted by Gasteiger charge is -2.35. The number of nitrogens with one attached hydrogen (secondary N) is 1. The third kappa shape index (κ3) is 4.15. The van der Waals surface area contributed by atoms with Gasteiger partial charge in [-0.25, -0.2) is 9.97 Å². The van der Waals surface area contributed by atoms with Crippen molar-refractivity contribution in [3.63, 3.8) is 0 Å². The van der Waals surface area contributed by atoms with E-state index in [9.17, 15) is 10.1 Å². The lowest BCUT2D eigenvalue weighted by Crippen LogP contribution is -2.44. The summed E-state index contributed by atoms with van der Waals surface area (Å²) in [5.74, 6) is 1.04. The Labute approximate surface area is 150 Å². The van der Waals surface area contributed by atoms with Gasteiger partial charge in [-0.15, -0.1) is 0 Å². The summed E-state index contributed by atoms with van der Waals surface area (Å²) in [5.41, 5.74) is 1.57. The molecule has 0 bridgehead atoms. The minimum atomic E-state index is -0.406. The number of aryl methyl sites for hydroxylation is 1. The van der Waals surface area contributed by atoms with Crippen molar-refractivity contribution >= 4 is 34.5 Å². The summed E-state index contributed by atoms with van der Waals surface area (Å²) in [6, 6.07) is 6.43. The number of non-ortho nitro benzene ring substituents is 1. The molecular formula is C16H19ClN6O2. The van der Waals surface area contributed by atoms with Gasteiger partial charge in [0, 0.05) is 44.4 Å². The van der Waals surface area contributed by atoms with Gasteiger partial charge in [0.25, 0.3) is 5.69 Å². The molecule has 0 spiro atoms. The van der Waals surface area contributed by atoms with E-state index in [1.807, 2.05) is 0 Å². The molecule has 2 heterocycles. The number of aromatic nitrogens is 2. The van der Waals surface area contributed by atoms with E-state index in [-0.39, 0.29) is 5.69 Å². The Morgan fingerprint density at radius 2 is 1.92 bits per heavy atom. The van der Waals surface area contributed by atoms with Gasteiger partial charge in [0.2, 0.25) is 0 Å². The Kier molecular flexibility index (Phi) is 5.00. The van der Waals surface area contributed by atoms with Gasteiger partial charge < -0.3 is 15.1 Å². The highest BCUT2D eigenvalue weighted by atomic mass is 35.5. The predicted octanol–water partition coefficient (Wildman–Crippen LogP) is 2.84. The second-order valence-corrected chi connectivity index (χ2v) is 6.38. The summed E-state index contributed by atoms with van der Waals surface area (Å²) in [6.45, 7) is 5.33. The molecular weight excluding hydrogens is 344 g/mol. The van der Waals surface area contributed by atoms with Crippen LogP contribution in [0.15, 0.2) is 24.3 Å². The van der Waals surface area contributed by atoms with Gasteiger partial charge in [-0.2, -0.15) is 0 Å². The molecule has 1 saturated heterocycles. The topological polar surface area (TPSA) is 87.4 Å². The molecule has 1 N–H and O–H groups in total. The minimum absolute atomic E-state index is 0.0252. The number of halogens is 1. The van der Waals surface area contributed by atoms with Crippen LogP contribution in [-0.4, -0.2) is 53.0 Å². The molecule has 132 valence electrons. The molecule has 1 aromatic carbocycles. The highest BCUT2D eigenvalue weighted by Gasteiger charge is 2.20. The zero-order valence-corrected chi connectivity index (χ0v) is 14.8. The maximum Gasteiger partial charge on any atom is 0.271 e. The number of likely N-dealkylation sites (N-methyl/N-ethyl adjacent to an activating group) is 1. The van der Waals surface area contributed by atoms with E-state index >= 15 is 0 Å². The lowest BCUT2D eigenvalue weighted by atomic mass is 10.2. The second-order valence-electron chi connectivity index (χ2n) is 6.00. The van der Waals surface area contributed by atoms with Crippen LogP contribution in [0.4, 0.5) is 22.9 Å². The SMILES string of the molecule is Cc1nc(Cl)cc(Nc2cc([N+](=O)[O-])ccc2N2CCN(C)CC2)n1. The molecule has 8 nitrogen and oxygen atoms in total. The van der Waals surface area contributed by atoms with Crippen molar-refractivity contribution in [1.29, 1.82) is 0 Å². The van der Waals surface area contributed by atoms with Gasteiger partial charge >= 0.3 is 0 Å². The monoisotopic (exact) mass is 362 g/mol. The average molecular weight is 363 g/mol. The number of benzene rings is 1. The van der Waals surface area contributed by atoms with Gasteiger partial charge in [-0.05, 0) is 20.0 Å². The Morgan fingerprint density at radius 3 is 2.56 bits per heavy atom. The molecule has 0 radical (unpaired) electrons. The van der Waals surface area contributed by atoms with Gasteiger partial charge in [-0.1, -0.05) is 11.6 Å². The number of anilines is 3. The molecule has 1 aromatic heterocycles. The van der Waals surface area contributed by atoms with Crippen LogP contribution in [0, 0.1) is 17.0 Å². The molecule has 25 heavy (non-hydrogen) atoms. The molecule has 0 amide bonds. The average Bonchev–Trinajstić information content (AvgIpc) is 2.54. The molecule has 0 saturated carbocycles. The van der Waals surface area contributed by atoms with Crippen LogP contribution >= 0.6 is 11.6 Å². The molecule has 9 heteroatoms. The number of nitro benzene ring substituents is 1. The highest BCUT2D eigenvalue weighted by molar-refractivity contribution is 6.29. The Bertz CT molecular complexity index is 772. The van der Waals surface area contributed by atoms with Crippen LogP contribution in [0.25, 0.3) is 0 Å². The fourth-order valence-corrected chi connectivity index (χ4v) is 3.02. The van der Waals surface area contributed by atoms with Crippen molar-refractivity contribution in [3.05, 3.63) is 45.4 Å². The number of piperazine rings is 1. The third-order valence-electron chi connectivity index (χ3n) is 4.10. The standard InChI is InChI=1S/C16H19ClN6O2/c1-11-18-15(17)10-16(19-11)20-13-9-12(23(24)25)3-4-14(13)22-7-5-21(2)6-8-22/h3-4,9-10H,5-8H2,1-2H3,(H,18,19,20). The largest absolute Gasteiger partial charge is 0.367 e. The van der Waals surface area contributed by atoms with E-state index < -0.39 is 4.92 Å². The molecule has 1 aliphatic heterocycles. The summed E-state index contributed by atoms with van der Waals surface area (Å²) in [4.78, 5) is 23.5. The quantitative estimate of drug-likeness (QED) is 0.508. The van der Waals surface area contributed by atoms with E-state index in [0.29, 0.717) is 22.5 Å². The van der Waals surface area contributed by atoms with E-state index in [0.717, 1.165) is 31.9 Å². The smallest absolute Gasteiger partial charge is 0.271 e. The van der Waals surface area contributed by atoms with Crippen molar-refractivity contribution < 1.29 is 4.92 Å². The Balaban J connectivity index is 1.96. The van der Waals surface area contributed by atoms with Crippen LogP contribution < -0.4 is 10.2 Å². The summed E-state index contributed by atoms with van der Waals surface area (Å²) in [7, 11) is 2.08. The Morgan fingerprint density at radius 1 is 1.20 bits per heavy atom. The zero-order chi connectivity index (χ0) is 18.0. The highest BCUT2D eigenvalue weighted by Crippen LogP contribution is 2.33. The molecule has 2 aromatic rings. The first kappa shape index (κ1) is 17.4. The van der Waals surface area contributed by atoms with E-state index in [2.05, 4.69) is 32.1 Å². The van der Waals surface area contributed by atoms with Gasteiger partial charge in [0.1, 0.15) is 16.8 Å². The van der Waals surface area contributed by atoms with Crippen LogP contribution in [0.5, 0.6) is 0 Å². The third-order valence-corrected chi connectivity index (χ3v) is 4.30. The normalized spacial score (nSPS) is 15.2. The van der Waals surface area contributed by atoms with Gasteiger partial charge in [-0.3, -0.25) is 10.1 Å². The molecule has 3 rings (SSSR count). The summed E-state index contributed by atoms with van der Waals surface area (Å²) < 4.78 is 0. The van der Waals surface area contributed by atoms with Gasteiger partial charge in [0.15, 0.2) is 0 Å². The van der Waals surface area contributed by atoms with Crippen molar-refractivity contribution in [2.75, 3.05) is 43.4 Å². The maximum absolute atomic E-state index is 11.2. The number of hydrogen-bond donors (Lipinski definition) is 1. The first-order valence-corrected chi connectivity index (χ1v) is 8.30. The first-order chi connectivity index (χ1) is 11.9. The number of rotatable bonds is 4. The van der Waals surface area contributed by atoms with Gasteiger partial charge in [0.05, 0.1) is 16.3 Å². The predicted molar refractivity (Wildman–Crippen MR) is 97.9 cm³/mol.